The molecule has 1 aromatic heterocycles. The Morgan fingerprint density at radius 2 is 2.33 bits per heavy atom. The van der Waals surface area contributed by atoms with Crippen molar-refractivity contribution in [3.05, 3.63) is 12.2 Å². The number of aryl methyl sites for hydroxylation is 1. The fourth-order valence-corrected chi connectivity index (χ4v) is 1.10. The third kappa shape index (κ3) is 1.64. The first-order valence-corrected chi connectivity index (χ1v) is 4.26. The van der Waals surface area contributed by atoms with Crippen molar-refractivity contribution in [1.29, 1.82) is 0 Å². The van der Waals surface area contributed by atoms with E-state index in [0.29, 0.717) is 5.92 Å². The monoisotopic (exact) mass is 168 g/mol. The molecule has 68 valence electrons. The fourth-order valence-electron chi connectivity index (χ4n) is 1.10. The fraction of sp³-hybridized carbons (Fsp3) is 0.750. The number of rotatable bonds is 3. The predicted molar refractivity (Wildman–Crippen MR) is 47.4 cm³/mol. The molecule has 1 aromatic rings. The van der Waals surface area contributed by atoms with E-state index >= 15 is 0 Å². The van der Waals surface area contributed by atoms with Gasteiger partial charge in [-0.1, -0.05) is 20.3 Å². The van der Waals surface area contributed by atoms with E-state index in [1.54, 1.807) is 6.33 Å². The van der Waals surface area contributed by atoms with E-state index in [2.05, 4.69) is 24.0 Å². The van der Waals surface area contributed by atoms with Gasteiger partial charge in [-0.05, 0) is 5.92 Å². The summed E-state index contributed by atoms with van der Waals surface area (Å²) in [6, 6.07) is 0.00231. The van der Waals surface area contributed by atoms with Gasteiger partial charge in [-0.3, -0.25) is 0 Å². The van der Waals surface area contributed by atoms with E-state index in [0.717, 1.165) is 12.2 Å². The number of nitrogens with two attached hydrogens (primary N) is 1. The first-order chi connectivity index (χ1) is 5.66. The molecule has 0 saturated carbocycles. The maximum absolute atomic E-state index is 5.97. The normalized spacial score (nSPS) is 16.0. The Morgan fingerprint density at radius 1 is 1.67 bits per heavy atom. The van der Waals surface area contributed by atoms with E-state index in [9.17, 15) is 0 Å². The molecule has 0 fully saturated rings. The van der Waals surface area contributed by atoms with Crippen LogP contribution < -0.4 is 5.73 Å². The molecule has 0 radical (unpaired) electrons. The highest BCUT2D eigenvalue weighted by atomic mass is 15.3. The molecule has 0 bridgehead atoms. The van der Waals surface area contributed by atoms with Crippen molar-refractivity contribution in [2.24, 2.45) is 18.7 Å². The highest BCUT2D eigenvalue weighted by Gasteiger charge is 2.17. The predicted octanol–water partition coefficient (Wildman–Crippen LogP) is 0.861. The Hall–Kier alpha value is -0.900. The van der Waals surface area contributed by atoms with Gasteiger partial charge in [0.1, 0.15) is 12.2 Å². The Labute approximate surface area is 72.8 Å². The summed E-state index contributed by atoms with van der Waals surface area (Å²) < 4.78 is 1.87. The first-order valence-electron chi connectivity index (χ1n) is 4.26. The molecule has 4 nitrogen and oxygen atoms in total. The summed E-state index contributed by atoms with van der Waals surface area (Å²) in [6.07, 6.45) is 2.74. The summed E-state index contributed by atoms with van der Waals surface area (Å²) in [5.74, 6) is 1.32. The van der Waals surface area contributed by atoms with Crippen LogP contribution in [-0.4, -0.2) is 14.8 Å². The molecule has 2 unspecified atom stereocenters. The van der Waals surface area contributed by atoms with E-state index < -0.39 is 0 Å². The quantitative estimate of drug-likeness (QED) is 0.728. The van der Waals surface area contributed by atoms with Crippen LogP contribution in [0.15, 0.2) is 6.33 Å². The minimum Gasteiger partial charge on any atom is -0.321 e. The van der Waals surface area contributed by atoms with Crippen LogP contribution >= 0.6 is 0 Å². The number of hydrogen-bond acceptors (Lipinski definition) is 3. The van der Waals surface area contributed by atoms with Gasteiger partial charge in [0, 0.05) is 7.05 Å². The molecule has 0 aliphatic carbocycles. The Balaban J connectivity index is 2.77. The van der Waals surface area contributed by atoms with Gasteiger partial charge in [0.15, 0.2) is 0 Å². The van der Waals surface area contributed by atoms with E-state index in [-0.39, 0.29) is 6.04 Å². The lowest BCUT2D eigenvalue weighted by Gasteiger charge is -2.16. The maximum atomic E-state index is 5.97. The standard InChI is InChI=1S/C8H16N4/c1-4-6(2)7(9)8-11-10-5-12(8)3/h5-7H,4,9H2,1-3H3. The van der Waals surface area contributed by atoms with Crippen molar-refractivity contribution in [2.75, 3.05) is 0 Å². The van der Waals surface area contributed by atoms with Crippen LogP contribution in [0.5, 0.6) is 0 Å². The van der Waals surface area contributed by atoms with Crippen LogP contribution in [0.25, 0.3) is 0 Å². The summed E-state index contributed by atoms with van der Waals surface area (Å²) in [5, 5.41) is 7.77. The molecule has 1 heterocycles. The largest absolute Gasteiger partial charge is 0.321 e. The Kier molecular flexibility index (Phi) is 2.81. The van der Waals surface area contributed by atoms with Gasteiger partial charge in [-0.25, -0.2) is 0 Å². The SMILES string of the molecule is CCC(C)C(N)c1nncn1C. The molecule has 4 heteroatoms. The maximum Gasteiger partial charge on any atom is 0.149 e. The second kappa shape index (κ2) is 3.67. The highest BCUT2D eigenvalue weighted by Crippen LogP contribution is 2.18. The lowest BCUT2D eigenvalue weighted by Crippen LogP contribution is -2.22. The summed E-state index contributed by atoms with van der Waals surface area (Å²) in [7, 11) is 1.91. The smallest absolute Gasteiger partial charge is 0.149 e. The topological polar surface area (TPSA) is 56.7 Å². The number of nitrogens with zero attached hydrogens (tertiary/aromatic N) is 3. The molecule has 12 heavy (non-hydrogen) atoms. The van der Waals surface area contributed by atoms with E-state index in [1.807, 2.05) is 11.6 Å². The average Bonchev–Trinajstić information content (AvgIpc) is 2.48. The van der Waals surface area contributed by atoms with E-state index in [4.69, 9.17) is 5.73 Å². The summed E-state index contributed by atoms with van der Waals surface area (Å²) in [4.78, 5) is 0. The zero-order valence-electron chi connectivity index (χ0n) is 7.86. The van der Waals surface area contributed by atoms with Crippen molar-refractivity contribution < 1.29 is 0 Å². The van der Waals surface area contributed by atoms with Gasteiger partial charge in [0.05, 0.1) is 6.04 Å². The second-order valence-corrected chi connectivity index (χ2v) is 3.21. The molecule has 0 spiro atoms. The molecule has 1 rings (SSSR count). The number of aromatic nitrogens is 3. The van der Waals surface area contributed by atoms with Crippen molar-refractivity contribution in [3.8, 4) is 0 Å². The van der Waals surface area contributed by atoms with Crippen molar-refractivity contribution >= 4 is 0 Å². The zero-order chi connectivity index (χ0) is 9.14. The van der Waals surface area contributed by atoms with Gasteiger partial charge in [-0.2, -0.15) is 0 Å². The highest BCUT2D eigenvalue weighted by molar-refractivity contribution is 4.94. The molecule has 2 N–H and O–H groups in total. The van der Waals surface area contributed by atoms with Gasteiger partial charge >= 0.3 is 0 Å². The van der Waals surface area contributed by atoms with Gasteiger partial charge in [0.25, 0.3) is 0 Å². The van der Waals surface area contributed by atoms with Crippen LogP contribution in [-0.2, 0) is 7.05 Å². The van der Waals surface area contributed by atoms with Gasteiger partial charge in [0.2, 0.25) is 0 Å². The van der Waals surface area contributed by atoms with Gasteiger partial charge in [-0.15, -0.1) is 10.2 Å². The summed E-state index contributed by atoms with van der Waals surface area (Å²) in [6.45, 7) is 4.25. The lowest BCUT2D eigenvalue weighted by molar-refractivity contribution is 0.429. The molecular formula is C8H16N4. The van der Waals surface area contributed by atoms with Crippen molar-refractivity contribution in [3.63, 3.8) is 0 Å². The molecule has 0 aliphatic rings. The van der Waals surface area contributed by atoms with Crippen molar-refractivity contribution in [1.82, 2.24) is 14.8 Å². The Bertz CT molecular complexity index is 243. The minimum absolute atomic E-state index is 0.00231. The number of hydrogen-bond donors (Lipinski definition) is 1. The van der Waals surface area contributed by atoms with Crippen molar-refractivity contribution in [2.45, 2.75) is 26.3 Å². The molecule has 0 aromatic carbocycles. The lowest BCUT2D eigenvalue weighted by atomic mass is 10.00. The van der Waals surface area contributed by atoms with Crippen LogP contribution in [0.4, 0.5) is 0 Å². The minimum atomic E-state index is 0.00231. The average molecular weight is 168 g/mol. The molecule has 2 atom stereocenters. The van der Waals surface area contributed by atoms with Crippen LogP contribution in [0.2, 0.25) is 0 Å². The first kappa shape index (κ1) is 9.19. The summed E-state index contributed by atoms with van der Waals surface area (Å²) in [5.41, 5.74) is 5.97. The summed E-state index contributed by atoms with van der Waals surface area (Å²) >= 11 is 0. The molecular weight excluding hydrogens is 152 g/mol. The van der Waals surface area contributed by atoms with Crippen LogP contribution in [0.3, 0.4) is 0 Å². The second-order valence-electron chi connectivity index (χ2n) is 3.21. The van der Waals surface area contributed by atoms with E-state index in [1.165, 1.54) is 0 Å². The Morgan fingerprint density at radius 3 is 2.75 bits per heavy atom. The van der Waals surface area contributed by atoms with Crippen LogP contribution in [0.1, 0.15) is 32.1 Å². The third-order valence-corrected chi connectivity index (χ3v) is 2.30. The molecule has 0 amide bonds. The van der Waals surface area contributed by atoms with Gasteiger partial charge < -0.3 is 10.3 Å². The molecule has 0 saturated heterocycles. The van der Waals surface area contributed by atoms with Crippen LogP contribution in [0, 0.1) is 5.92 Å². The zero-order valence-corrected chi connectivity index (χ0v) is 7.86. The third-order valence-electron chi connectivity index (χ3n) is 2.30. The molecule has 0 aliphatic heterocycles.